The van der Waals surface area contributed by atoms with Gasteiger partial charge in [-0.1, -0.05) is 0 Å². The van der Waals surface area contributed by atoms with Crippen LogP contribution in [0.25, 0.3) is 0 Å². The molecule has 9 heteroatoms. The number of phosphoric acid groups is 1. The summed E-state index contributed by atoms with van der Waals surface area (Å²) in [6, 6.07) is 0. The van der Waals surface area contributed by atoms with Gasteiger partial charge in [0.25, 0.3) is 0 Å². The molecule has 0 rings (SSSR count). The van der Waals surface area contributed by atoms with Gasteiger partial charge >= 0.3 is 80.5 Å². The molecule has 0 fully saturated rings. The zero-order chi connectivity index (χ0) is 6.50. The van der Waals surface area contributed by atoms with E-state index in [-0.39, 0.29) is 49.7 Å². The van der Waals surface area contributed by atoms with Gasteiger partial charge in [0.2, 0.25) is 0 Å². The number of rotatable bonds is 0. The quantitative estimate of drug-likeness (QED) is 0.195. The summed E-state index contributed by atoms with van der Waals surface area (Å²) in [7, 11) is -5.39. The maximum absolute atomic E-state index is 8.55. The van der Waals surface area contributed by atoms with E-state index in [2.05, 4.69) is 30.9 Å². The van der Waals surface area contributed by atoms with Gasteiger partial charge < -0.3 is 19.2 Å². The van der Waals surface area contributed by atoms with Crippen LogP contribution in [0.1, 0.15) is 0 Å². The third-order valence-corrected chi connectivity index (χ3v) is 0. The summed E-state index contributed by atoms with van der Waals surface area (Å²) >= 11 is 5.26. The van der Waals surface area contributed by atoms with E-state index in [0.717, 1.165) is 0 Å². The predicted molar refractivity (Wildman–Crippen MR) is 19.1 cm³/mol. The molecule has 0 unspecified atom stereocenters. The fraction of sp³-hybridized carbons (Fsp3) is 0. The summed E-state index contributed by atoms with van der Waals surface area (Å²) in [5.74, 6) is 0. The Morgan fingerprint density at radius 3 is 1.22 bits per heavy atom. The molecule has 2 radical (unpaired) electrons. The van der Waals surface area contributed by atoms with Crippen LogP contribution in [-0.2, 0) is 45.3 Å². The van der Waals surface area contributed by atoms with Crippen molar-refractivity contribution in [1.29, 1.82) is 0 Å². The molecule has 0 bridgehead atoms. The van der Waals surface area contributed by atoms with Crippen molar-refractivity contribution < 1.29 is 60.0 Å². The third kappa shape index (κ3) is 97.9. The van der Waals surface area contributed by atoms with Crippen LogP contribution < -0.4 is 14.7 Å². The molecule has 0 aromatic rings. The Hall–Kier alpha value is 3.03. The molecular formula is AgAuO4PPbSe+2. The van der Waals surface area contributed by atoms with E-state index < -0.39 is 7.82 Å². The van der Waals surface area contributed by atoms with E-state index in [0.29, 0.717) is 0 Å². The van der Waals surface area contributed by atoms with Gasteiger partial charge in [-0.05, 0) is 0 Å². The van der Waals surface area contributed by atoms with Gasteiger partial charge in [-0.25, -0.2) is 0 Å². The van der Waals surface area contributed by atoms with E-state index in [9.17, 15) is 0 Å². The molecular weight excluding hydrogens is 686 g/mol. The van der Waals surface area contributed by atoms with Gasteiger partial charge in [-0.15, -0.1) is 0 Å². The molecule has 0 N–H and O–H groups in total. The molecule has 0 aromatic carbocycles. The van der Waals surface area contributed by atoms with Crippen LogP contribution in [-0.4, -0.2) is 39.8 Å². The van der Waals surface area contributed by atoms with Crippen LogP contribution in [0.4, 0.5) is 0 Å². The standard InChI is InChI=1S/Ag.Au.H3O4P.Pb.Se/c;;1-5(2,3)4;;/h;;(H3,1,2,3,4);;/q;+3;;+2;/p-3. The van der Waals surface area contributed by atoms with E-state index in [1.807, 2.05) is 0 Å². The zero-order valence-electron chi connectivity index (χ0n) is 3.59. The van der Waals surface area contributed by atoms with E-state index >= 15 is 0 Å². The Morgan fingerprint density at radius 1 is 1.22 bits per heavy atom. The molecule has 0 spiro atoms. The Balaban J connectivity index is -0.0000000286. The Kier molecular flexibility index (Phi) is 34.3. The van der Waals surface area contributed by atoms with E-state index in [1.54, 1.807) is 0 Å². The van der Waals surface area contributed by atoms with Crippen molar-refractivity contribution in [3.05, 3.63) is 0 Å². The summed E-state index contributed by atoms with van der Waals surface area (Å²) in [5.41, 5.74) is 0. The van der Waals surface area contributed by atoms with Crippen molar-refractivity contribution in [3.8, 4) is 0 Å². The molecule has 4 nitrogen and oxygen atoms in total. The second-order valence-corrected chi connectivity index (χ2v) is 1.34. The van der Waals surface area contributed by atoms with Crippen molar-refractivity contribution in [2.75, 3.05) is 0 Å². The van der Waals surface area contributed by atoms with Crippen LogP contribution in [0.15, 0.2) is 0 Å². The van der Waals surface area contributed by atoms with Crippen LogP contribution >= 0.6 is 7.82 Å². The summed E-state index contributed by atoms with van der Waals surface area (Å²) in [4.78, 5) is 25.6. The fourth-order valence-corrected chi connectivity index (χ4v) is 0. The van der Waals surface area contributed by atoms with E-state index in [4.69, 9.17) is 19.2 Å². The Labute approximate surface area is 106 Å². The Bertz CT molecular complexity index is 76.4. The van der Waals surface area contributed by atoms with Crippen LogP contribution in [0.3, 0.4) is 0 Å². The first-order chi connectivity index (χ1) is 3.00. The van der Waals surface area contributed by atoms with Gasteiger partial charge in [0.15, 0.2) is 0 Å². The normalized spacial score (nSPS) is 7.22. The van der Waals surface area contributed by atoms with Gasteiger partial charge in [0.05, 0.1) is 0 Å². The molecule has 0 aliphatic heterocycles. The topological polar surface area (TPSA) is 86.2 Å². The second kappa shape index (κ2) is 13.6. The number of hydrogen-bond donors (Lipinski definition) is 0. The first-order valence-corrected chi connectivity index (χ1v) is 5.97. The monoisotopic (exact) mass is 687 g/mol. The van der Waals surface area contributed by atoms with Gasteiger partial charge in [0, 0.05) is 0 Å². The summed E-state index contributed by atoms with van der Waals surface area (Å²) in [6.45, 7) is 0. The van der Waals surface area contributed by atoms with Crippen LogP contribution in [0, 0.1) is 0 Å². The molecule has 0 aliphatic carbocycles. The zero-order valence-corrected chi connectivity index (χ0v) is 13.7. The van der Waals surface area contributed by atoms with Crippen LogP contribution in [0.2, 0.25) is 0 Å². The average Bonchev–Trinajstić information content (AvgIpc) is 1.36. The maximum atomic E-state index is 8.55. The summed E-state index contributed by atoms with van der Waals surface area (Å²) in [5, 5.41) is 0. The first kappa shape index (κ1) is 22.7. The minimum absolute atomic E-state index is 0. The second-order valence-electron chi connectivity index (χ2n) is 0.447. The first-order valence-electron chi connectivity index (χ1n) is 0.853. The van der Waals surface area contributed by atoms with Crippen molar-refractivity contribution in [2.45, 2.75) is 0 Å². The minimum atomic E-state index is -5.39. The molecule has 0 saturated carbocycles. The molecule has 0 heterocycles. The molecule has 59 valence electrons. The SMILES string of the molecule is O=P([O-])([O-])[O-].[Au+3].[Pb+2].[Se]=[Ag]. The summed E-state index contributed by atoms with van der Waals surface area (Å²) in [6.07, 6.45) is 0. The fourth-order valence-electron chi connectivity index (χ4n) is 0. The molecule has 0 aliphatic rings. The van der Waals surface area contributed by atoms with Gasteiger partial charge in [-0.2, -0.15) is 7.82 Å². The van der Waals surface area contributed by atoms with E-state index in [1.165, 1.54) is 0 Å². The molecule has 0 amide bonds. The van der Waals surface area contributed by atoms with Gasteiger partial charge in [-0.3, -0.25) is 0 Å². The van der Waals surface area contributed by atoms with Crippen molar-refractivity contribution in [2.24, 2.45) is 0 Å². The average molecular weight is 686 g/mol. The third-order valence-electron chi connectivity index (χ3n) is 0. The van der Waals surface area contributed by atoms with Crippen molar-refractivity contribution in [1.82, 2.24) is 0 Å². The predicted octanol–water partition coefficient (Wildman–Crippen LogP) is -3.59. The summed E-state index contributed by atoms with van der Waals surface area (Å²) < 4.78 is 8.55. The Morgan fingerprint density at radius 2 is 1.22 bits per heavy atom. The molecule has 0 aromatic heterocycles. The number of hydrogen-bond acceptors (Lipinski definition) is 4. The van der Waals surface area contributed by atoms with Crippen molar-refractivity contribution >= 4 is 47.7 Å². The van der Waals surface area contributed by atoms with Crippen molar-refractivity contribution in [3.63, 3.8) is 0 Å². The molecule has 9 heavy (non-hydrogen) atoms. The molecule has 0 saturated heterocycles. The molecule has 0 atom stereocenters. The van der Waals surface area contributed by atoms with Crippen LogP contribution in [0.5, 0.6) is 0 Å². The van der Waals surface area contributed by atoms with Gasteiger partial charge in [0.1, 0.15) is 0 Å².